The van der Waals surface area contributed by atoms with Crippen molar-refractivity contribution in [3.05, 3.63) is 0 Å². The van der Waals surface area contributed by atoms with Crippen LogP contribution in [-0.4, -0.2) is 24.3 Å². The molecule has 2 nitrogen and oxygen atoms in total. The van der Waals surface area contributed by atoms with Gasteiger partial charge >= 0.3 is 0 Å². The average Bonchev–Trinajstić information content (AvgIpc) is 2.38. The van der Waals surface area contributed by atoms with Crippen molar-refractivity contribution in [3.63, 3.8) is 0 Å². The van der Waals surface area contributed by atoms with Crippen molar-refractivity contribution in [2.75, 3.05) is 13.6 Å². The van der Waals surface area contributed by atoms with E-state index in [1.54, 1.807) is 0 Å². The molecule has 0 radical (unpaired) electrons. The Kier molecular flexibility index (Phi) is 3.34. The van der Waals surface area contributed by atoms with Gasteiger partial charge in [-0.2, -0.15) is 0 Å². The van der Waals surface area contributed by atoms with Gasteiger partial charge < -0.3 is 10.4 Å². The molecular formula is C9H19NO. The second-order valence-electron chi connectivity index (χ2n) is 3.64. The van der Waals surface area contributed by atoms with E-state index in [2.05, 4.69) is 5.32 Å². The van der Waals surface area contributed by atoms with Crippen molar-refractivity contribution < 1.29 is 5.11 Å². The Morgan fingerprint density at radius 2 is 2.00 bits per heavy atom. The lowest BCUT2D eigenvalue weighted by molar-refractivity contribution is 0.0370. The lowest BCUT2D eigenvalue weighted by Crippen LogP contribution is -2.25. The SMILES string of the molecule is CNCCCC1(O)CCCC1. The van der Waals surface area contributed by atoms with Gasteiger partial charge in [0.1, 0.15) is 0 Å². The van der Waals surface area contributed by atoms with Gasteiger partial charge in [0.05, 0.1) is 5.60 Å². The summed E-state index contributed by atoms with van der Waals surface area (Å²) in [4.78, 5) is 0. The molecule has 2 heteroatoms. The lowest BCUT2D eigenvalue weighted by atomic mass is 9.96. The highest BCUT2D eigenvalue weighted by molar-refractivity contribution is 4.83. The fraction of sp³-hybridized carbons (Fsp3) is 1.00. The van der Waals surface area contributed by atoms with Crippen LogP contribution in [0.3, 0.4) is 0 Å². The van der Waals surface area contributed by atoms with Crippen LogP contribution < -0.4 is 5.32 Å². The first-order chi connectivity index (χ1) is 5.27. The minimum atomic E-state index is -0.295. The third-order valence-electron chi connectivity index (χ3n) is 2.60. The summed E-state index contributed by atoms with van der Waals surface area (Å²) in [5.41, 5.74) is -0.295. The zero-order valence-electron chi connectivity index (χ0n) is 7.40. The molecule has 0 atom stereocenters. The molecule has 1 fully saturated rings. The second kappa shape index (κ2) is 4.07. The third-order valence-corrected chi connectivity index (χ3v) is 2.60. The largest absolute Gasteiger partial charge is 0.390 e. The Labute approximate surface area is 69.0 Å². The number of hydrogen-bond donors (Lipinski definition) is 2. The highest BCUT2D eigenvalue weighted by Gasteiger charge is 2.29. The second-order valence-corrected chi connectivity index (χ2v) is 3.64. The summed E-state index contributed by atoms with van der Waals surface area (Å²) in [7, 11) is 1.96. The van der Waals surface area contributed by atoms with Crippen LogP contribution in [0.15, 0.2) is 0 Å². The van der Waals surface area contributed by atoms with Gasteiger partial charge in [-0.3, -0.25) is 0 Å². The van der Waals surface area contributed by atoms with Crippen LogP contribution in [0.5, 0.6) is 0 Å². The average molecular weight is 157 g/mol. The van der Waals surface area contributed by atoms with Crippen LogP contribution in [0, 0.1) is 0 Å². The van der Waals surface area contributed by atoms with E-state index in [4.69, 9.17) is 0 Å². The van der Waals surface area contributed by atoms with Gasteiger partial charge in [0.25, 0.3) is 0 Å². The number of hydrogen-bond acceptors (Lipinski definition) is 2. The first kappa shape index (κ1) is 9.01. The van der Waals surface area contributed by atoms with Crippen molar-refractivity contribution in [1.82, 2.24) is 5.32 Å². The van der Waals surface area contributed by atoms with E-state index in [1.807, 2.05) is 7.05 Å². The Bertz CT molecular complexity index is 108. The van der Waals surface area contributed by atoms with E-state index in [1.165, 1.54) is 12.8 Å². The molecule has 0 amide bonds. The maximum absolute atomic E-state index is 9.89. The van der Waals surface area contributed by atoms with Crippen molar-refractivity contribution in [1.29, 1.82) is 0 Å². The molecule has 1 aliphatic carbocycles. The molecule has 0 aliphatic heterocycles. The van der Waals surface area contributed by atoms with E-state index in [9.17, 15) is 5.11 Å². The molecule has 11 heavy (non-hydrogen) atoms. The van der Waals surface area contributed by atoms with Gasteiger partial charge in [-0.25, -0.2) is 0 Å². The molecule has 0 heterocycles. The fourth-order valence-corrected chi connectivity index (χ4v) is 1.88. The van der Waals surface area contributed by atoms with E-state index >= 15 is 0 Å². The third kappa shape index (κ3) is 2.80. The van der Waals surface area contributed by atoms with Crippen molar-refractivity contribution in [2.24, 2.45) is 0 Å². The minimum Gasteiger partial charge on any atom is -0.390 e. The quantitative estimate of drug-likeness (QED) is 0.603. The molecule has 0 aromatic carbocycles. The molecule has 1 aliphatic rings. The van der Waals surface area contributed by atoms with Crippen LogP contribution in [0.25, 0.3) is 0 Å². The maximum Gasteiger partial charge on any atom is 0.0648 e. The van der Waals surface area contributed by atoms with Crippen LogP contribution in [0.4, 0.5) is 0 Å². The van der Waals surface area contributed by atoms with Gasteiger partial charge in [-0.15, -0.1) is 0 Å². The number of aliphatic hydroxyl groups is 1. The first-order valence-corrected chi connectivity index (χ1v) is 4.64. The molecular weight excluding hydrogens is 138 g/mol. The van der Waals surface area contributed by atoms with E-state index in [-0.39, 0.29) is 5.60 Å². The van der Waals surface area contributed by atoms with Gasteiger partial charge in [0.2, 0.25) is 0 Å². The van der Waals surface area contributed by atoms with Gasteiger partial charge in [0, 0.05) is 0 Å². The normalized spacial score (nSPS) is 22.4. The van der Waals surface area contributed by atoms with Crippen LogP contribution in [0.2, 0.25) is 0 Å². The van der Waals surface area contributed by atoms with Gasteiger partial charge in [-0.1, -0.05) is 12.8 Å². The monoisotopic (exact) mass is 157 g/mol. The fourth-order valence-electron chi connectivity index (χ4n) is 1.88. The highest BCUT2D eigenvalue weighted by Crippen LogP contribution is 2.32. The van der Waals surface area contributed by atoms with E-state index < -0.39 is 0 Å². The van der Waals surface area contributed by atoms with Crippen LogP contribution >= 0.6 is 0 Å². The van der Waals surface area contributed by atoms with Gasteiger partial charge in [-0.05, 0) is 39.3 Å². The van der Waals surface area contributed by atoms with E-state index in [0.717, 1.165) is 32.2 Å². The van der Waals surface area contributed by atoms with Crippen LogP contribution in [0.1, 0.15) is 38.5 Å². The lowest BCUT2D eigenvalue weighted by Gasteiger charge is -2.21. The topological polar surface area (TPSA) is 32.3 Å². The predicted molar refractivity (Wildman–Crippen MR) is 46.6 cm³/mol. The molecule has 66 valence electrons. The van der Waals surface area contributed by atoms with Crippen molar-refractivity contribution in [2.45, 2.75) is 44.1 Å². The van der Waals surface area contributed by atoms with Crippen molar-refractivity contribution in [3.8, 4) is 0 Å². The highest BCUT2D eigenvalue weighted by atomic mass is 16.3. The molecule has 0 bridgehead atoms. The summed E-state index contributed by atoms with van der Waals surface area (Å²) in [5.74, 6) is 0. The smallest absolute Gasteiger partial charge is 0.0648 e. The Morgan fingerprint density at radius 1 is 1.36 bits per heavy atom. The Balaban J connectivity index is 2.13. The zero-order valence-corrected chi connectivity index (χ0v) is 7.40. The first-order valence-electron chi connectivity index (χ1n) is 4.64. The number of nitrogens with one attached hydrogen (secondary N) is 1. The number of rotatable bonds is 4. The zero-order chi connectivity index (χ0) is 8.16. The molecule has 0 saturated heterocycles. The molecule has 0 aromatic heterocycles. The van der Waals surface area contributed by atoms with Crippen LogP contribution in [-0.2, 0) is 0 Å². The molecule has 2 N–H and O–H groups in total. The molecule has 0 spiro atoms. The molecule has 1 rings (SSSR count). The maximum atomic E-state index is 9.89. The summed E-state index contributed by atoms with van der Waals surface area (Å²) < 4.78 is 0. The summed E-state index contributed by atoms with van der Waals surface area (Å²) in [6, 6.07) is 0. The molecule has 0 aromatic rings. The molecule has 1 saturated carbocycles. The minimum absolute atomic E-state index is 0.295. The predicted octanol–water partition coefficient (Wildman–Crippen LogP) is 1.29. The molecule has 0 unspecified atom stereocenters. The summed E-state index contributed by atoms with van der Waals surface area (Å²) in [5, 5.41) is 13.0. The van der Waals surface area contributed by atoms with Gasteiger partial charge in [0.15, 0.2) is 0 Å². The summed E-state index contributed by atoms with van der Waals surface area (Å²) in [6.45, 7) is 1.03. The summed E-state index contributed by atoms with van der Waals surface area (Å²) >= 11 is 0. The summed E-state index contributed by atoms with van der Waals surface area (Å²) in [6.07, 6.45) is 6.57. The Morgan fingerprint density at radius 3 is 2.55 bits per heavy atom. The van der Waals surface area contributed by atoms with Crippen molar-refractivity contribution >= 4 is 0 Å². The van der Waals surface area contributed by atoms with E-state index in [0.29, 0.717) is 0 Å². The standard InChI is InChI=1S/C9H19NO/c1-10-8-4-7-9(11)5-2-3-6-9/h10-11H,2-8H2,1H3. The Hall–Kier alpha value is -0.0800.